The Morgan fingerprint density at radius 3 is 3.04 bits per heavy atom. The quantitative estimate of drug-likeness (QED) is 0.697. The first-order valence-corrected chi connectivity index (χ1v) is 8.34. The molecule has 1 aliphatic rings. The van der Waals surface area contributed by atoms with Crippen molar-refractivity contribution in [3.05, 3.63) is 40.7 Å². The predicted molar refractivity (Wildman–Crippen MR) is 89.4 cm³/mol. The van der Waals surface area contributed by atoms with E-state index < -0.39 is 6.61 Å². The molecule has 3 rings (SSSR count). The first-order chi connectivity index (χ1) is 12.6. The van der Waals surface area contributed by atoms with Gasteiger partial charge in [-0.25, -0.2) is 0 Å². The van der Waals surface area contributed by atoms with Crippen LogP contribution in [0.1, 0.15) is 34.2 Å². The number of hydrogen-bond donors (Lipinski definition) is 3. The third-order valence-electron chi connectivity index (χ3n) is 4.03. The van der Waals surface area contributed by atoms with Crippen LogP contribution in [-0.4, -0.2) is 35.9 Å². The van der Waals surface area contributed by atoms with Crippen molar-refractivity contribution in [1.29, 1.82) is 0 Å². The number of benzene rings is 1. The molecule has 0 radical (unpaired) electrons. The van der Waals surface area contributed by atoms with Gasteiger partial charge in [-0.05, 0) is 13.0 Å². The molecule has 0 aliphatic carbocycles. The molecular formula is C17H20F2N4O3. The van der Waals surface area contributed by atoms with Crippen LogP contribution in [0.25, 0.3) is 0 Å². The van der Waals surface area contributed by atoms with Gasteiger partial charge in [-0.2, -0.15) is 13.9 Å². The van der Waals surface area contributed by atoms with Crippen molar-refractivity contribution in [3.63, 3.8) is 0 Å². The number of carbonyl (C=O) groups is 1. The Balaban J connectivity index is 1.75. The lowest BCUT2D eigenvalue weighted by Gasteiger charge is -2.16. The number of ether oxygens (including phenoxy) is 2. The maximum absolute atomic E-state index is 12.7. The third kappa shape index (κ3) is 3.93. The van der Waals surface area contributed by atoms with E-state index in [1.54, 1.807) is 25.1 Å². The highest BCUT2D eigenvalue weighted by molar-refractivity contribution is 5.94. The van der Waals surface area contributed by atoms with Crippen LogP contribution in [0.5, 0.6) is 11.5 Å². The summed E-state index contributed by atoms with van der Waals surface area (Å²) in [5.41, 5.74) is 2.48. The molecule has 0 atom stereocenters. The molecule has 3 N–H and O–H groups in total. The minimum Gasteiger partial charge on any atom is -0.490 e. The molecule has 0 fully saturated rings. The number of nitrogens with one attached hydrogen (secondary N) is 3. The summed E-state index contributed by atoms with van der Waals surface area (Å²) in [4.78, 5) is 12.5. The van der Waals surface area contributed by atoms with Crippen molar-refractivity contribution in [2.45, 2.75) is 33.0 Å². The van der Waals surface area contributed by atoms with Crippen molar-refractivity contribution in [3.8, 4) is 11.5 Å². The molecule has 0 saturated carbocycles. The Hall–Kier alpha value is -2.68. The van der Waals surface area contributed by atoms with Gasteiger partial charge >= 0.3 is 6.61 Å². The van der Waals surface area contributed by atoms with Crippen molar-refractivity contribution >= 4 is 5.91 Å². The molecule has 2 aromatic rings. The van der Waals surface area contributed by atoms with Gasteiger partial charge in [0.05, 0.1) is 6.61 Å². The summed E-state index contributed by atoms with van der Waals surface area (Å²) in [6, 6.07) is 4.80. The van der Waals surface area contributed by atoms with Gasteiger partial charge in [0.15, 0.2) is 17.2 Å². The van der Waals surface area contributed by atoms with Crippen LogP contribution in [-0.2, 0) is 19.5 Å². The number of amides is 1. The van der Waals surface area contributed by atoms with E-state index in [2.05, 4.69) is 25.6 Å². The zero-order valence-electron chi connectivity index (χ0n) is 14.3. The van der Waals surface area contributed by atoms with Crippen molar-refractivity contribution in [2.75, 3.05) is 13.2 Å². The Morgan fingerprint density at radius 1 is 1.42 bits per heavy atom. The summed E-state index contributed by atoms with van der Waals surface area (Å²) < 4.78 is 35.4. The topological polar surface area (TPSA) is 88.3 Å². The van der Waals surface area contributed by atoms with E-state index in [-0.39, 0.29) is 24.0 Å². The van der Waals surface area contributed by atoms with Crippen LogP contribution in [0.3, 0.4) is 0 Å². The zero-order chi connectivity index (χ0) is 18.5. The molecule has 7 nitrogen and oxygen atoms in total. The van der Waals surface area contributed by atoms with Gasteiger partial charge < -0.3 is 20.1 Å². The number of nitrogens with zero attached hydrogens (tertiary/aromatic N) is 1. The smallest absolute Gasteiger partial charge is 0.387 e. The predicted octanol–water partition coefficient (Wildman–Crippen LogP) is 1.99. The summed E-state index contributed by atoms with van der Waals surface area (Å²) in [6.45, 7) is 0.465. The molecule has 0 spiro atoms. The Bertz CT molecular complexity index is 779. The lowest BCUT2D eigenvalue weighted by Crippen LogP contribution is -2.28. The third-order valence-corrected chi connectivity index (χ3v) is 4.03. The monoisotopic (exact) mass is 366 g/mol. The van der Waals surface area contributed by atoms with Gasteiger partial charge in [0.25, 0.3) is 5.91 Å². The zero-order valence-corrected chi connectivity index (χ0v) is 14.3. The second-order valence-corrected chi connectivity index (χ2v) is 5.69. The first-order valence-electron chi connectivity index (χ1n) is 8.34. The summed E-state index contributed by atoms with van der Waals surface area (Å²) in [6.07, 6.45) is 0.776. The second-order valence-electron chi connectivity index (χ2n) is 5.69. The molecule has 26 heavy (non-hydrogen) atoms. The van der Waals surface area contributed by atoms with Crippen LogP contribution in [0.4, 0.5) is 8.78 Å². The van der Waals surface area contributed by atoms with E-state index in [1.165, 1.54) is 0 Å². The molecular weight excluding hydrogens is 346 g/mol. The van der Waals surface area contributed by atoms with E-state index in [9.17, 15) is 13.6 Å². The van der Waals surface area contributed by atoms with Crippen molar-refractivity contribution in [2.24, 2.45) is 0 Å². The number of halogens is 2. The molecule has 0 unspecified atom stereocenters. The Labute approximate surface area is 149 Å². The molecule has 1 amide bonds. The van der Waals surface area contributed by atoms with Gasteiger partial charge in [-0.1, -0.05) is 12.1 Å². The number of aromatic amines is 1. The molecule has 1 aliphatic heterocycles. The molecule has 0 saturated heterocycles. The van der Waals surface area contributed by atoms with Gasteiger partial charge in [0.2, 0.25) is 0 Å². The maximum atomic E-state index is 12.7. The average Bonchev–Trinajstić information content (AvgIpc) is 3.06. The van der Waals surface area contributed by atoms with Crippen molar-refractivity contribution in [1.82, 2.24) is 20.8 Å². The van der Waals surface area contributed by atoms with E-state index in [0.717, 1.165) is 24.2 Å². The van der Waals surface area contributed by atoms with Gasteiger partial charge in [0.1, 0.15) is 0 Å². The lowest BCUT2D eigenvalue weighted by molar-refractivity contribution is -0.0520. The van der Waals surface area contributed by atoms with Gasteiger partial charge in [-0.3, -0.25) is 9.89 Å². The first kappa shape index (κ1) is 18.1. The SMILES string of the molecule is CCOc1cccc(CNC(=O)c2n[nH]c3c2CNCC3)c1OC(F)F. The molecule has 140 valence electrons. The maximum Gasteiger partial charge on any atom is 0.387 e. The van der Waals surface area contributed by atoms with E-state index in [1.807, 2.05) is 0 Å². The highest BCUT2D eigenvalue weighted by atomic mass is 19.3. The molecule has 1 aromatic carbocycles. The number of aromatic nitrogens is 2. The van der Waals surface area contributed by atoms with Gasteiger partial charge in [-0.15, -0.1) is 0 Å². The standard InChI is InChI=1S/C17H20F2N4O3/c1-2-25-13-5-3-4-10(15(13)26-17(18)19)8-21-16(24)14-11-9-20-7-6-12(11)22-23-14/h3-5,17,20H,2,6-9H2,1H3,(H,21,24)(H,22,23). The van der Waals surface area contributed by atoms with Crippen LogP contribution in [0.15, 0.2) is 18.2 Å². The van der Waals surface area contributed by atoms with Crippen molar-refractivity contribution < 1.29 is 23.0 Å². The van der Waals surface area contributed by atoms with Crippen LogP contribution < -0.4 is 20.1 Å². The molecule has 0 bridgehead atoms. The number of rotatable bonds is 7. The van der Waals surface area contributed by atoms with E-state index in [4.69, 9.17) is 4.74 Å². The Kier molecular flexibility index (Phi) is 5.67. The normalized spacial score (nSPS) is 13.4. The summed E-state index contributed by atoms with van der Waals surface area (Å²) >= 11 is 0. The van der Waals surface area contributed by atoms with E-state index in [0.29, 0.717) is 24.4 Å². The highest BCUT2D eigenvalue weighted by Gasteiger charge is 2.22. The highest BCUT2D eigenvalue weighted by Crippen LogP contribution is 2.32. The van der Waals surface area contributed by atoms with Crippen LogP contribution >= 0.6 is 0 Å². The second kappa shape index (κ2) is 8.13. The number of carbonyl (C=O) groups excluding carboxylic acids is 1. The fraction of sp³-hybridized carbons (Fsp3) is 0.412. The molecule has 2 heterocycles. The number of hydrogen-bond acceptors (Lipinski definition) is 5. The average molecular weight is 366 g/mol. The van der Waals surface area contributed by atoms with Crippen LogP contribution in [0.2, 0.25) is 0 Å². The number of H-pyrrole nitrogens is 1. The summed E-state index contributed by atoms with van der Waals surface area (Å²) in [5, 5.41) is 12.8. The molecule has 9 heteroatoms. The Morgan fingerprint density at radius 2 is 2.27 bits per heavy atom. The number of alkyl halides is 2. The summed E-state index contributed by atoms with van der Waals surface area (Å²) in [5.74, 6) is -0.243. The fourth-order valence-electron chi connectivity index (χ4n) is 2.86. The lowest BCUT2D eigenvalue weighted by atomic mass is 10.1. The minimum absolute atomic E-state index is 0.0108. The number of fused-ring (bicyclic) bond motifs is 1. The van der Waals surface area contributed by atoms with Gasteiger partial charge in [0, 0.05) is 42.9 Å². The summed E-state index contributed by atoms with van der Waals surface area (Å²) in [7, 11) is 0. The van der Waals surface area contributed by atoms with E-state index >= 15 is 0 Å². The largest absolute Gasteiger partial charge is 0.490 e. The minimum atomic E-state index is -2.99. The van der Waals surface area contributed by atoms with Crippen LogP contribution in [0, 0.1) is 0 Å². The fourth-order valence-corrected chi connectivity index (χ4v) is 2.86. The number of para-hydroxylation sites is 1. The molecule has 1 aromatic heterocycles.